The van der Waals surface area contributed by atoms with Gasteiger partial charge in [0.15, 0.2) is 5.82 Å². The van der Waals surface area contributed by atoms with Crippen LogP contribution in [-0.2, 0) is 31.1 Å². The van der Waals surface area contributed by atoms with Gasteiger partial charge < -0.3 is 20.4 Å². The zero-order chi connectivity index (χ0) is 32.6. The van der Waals surface area contributed by atoms with E-state index < -0.39 is 23.3 Å². The van der Waals surface area contributed by atoms with E-state index >= 15 is 0 Å². The third-order valence-corrected chi connectivity index (χ3v) is 8.22. The fourth-order valence-electron chi connectivity index (χ4n) is 5.72. The van der Waals surface area contributed by atoms with Gasteiger partial charge in [0, 0.05) is 30.4 Å². The van der Waals surface area contributed by atoms with Crippen molar-refractivity contribution in [3.63, 3.8) is 0 Å². The summed E-state index contributed by atoms with van der Waals surface area (Å²) in [7, 11) is 1.78. The molecule has 1 fully saturated rings. The van der Waals surface area contributed by atoms with Crippen LogP contribution >= 0.6 is 0 Å². The normalized spacial score (nSPS) is 15.4. The largest absolute Gasteiger partial charge is 0.416 e. The molecule has 0 saturated heterocycles. The van der Waals surface area contributed by atoms with Gasteiger partial charge in [-0.1, -0.05) is 0 Å². The highest BCUT2D eigenvalue weighted by Crippen LogP contribution is 2.42. The van der Waals surface area contributed by atoms with Crippen molar-refractivity contribution in [2.24, 2.45) is 7.05 Å². The van der Waals surface area contributed by atoms with Crippen molar-refractivity contribution in [1.29, 1.82) is 5.26 Å². The minimum atomic E-state index is -4.75. The number of nitrogens with one attached hydrogen (secondary N) is 1. The lowest BCUT2D eigenvalue weighted by molar-refractivity contribution is -0.138. The zero-order valence-electron chi connectivity index (χ0n) is 24.9. The van der Waals surface area contributed by atoms with Crippen molar-refractivity contribution < 1.29 is 27.1 Å². The molecule has 1 aliphatic heterocycles. The summed E-state index contributed by atoms with van der Waals surface area (Å²) in [5.74, 6) is 0.272. The first kappa shape index (κ1) is 31.0. The number of rotatable bonds is 10. The molecule has 10 nitrogen and oxygen atoms in total. The third kappa shape index (κ3) is 6.10. The van der Waals surface area contributed by atoms with Crippen molar-refractivity contribution in [3.8, 4) is 28.6 Å². The Bertz CT molecular complexity index is 1840. The molecule has 2 aromatic carbocycles. The first-order valence-electron chi connectivity index (χ1n) is 14.6. The van der Waals surface area contributed by atoms with E-state index in [0.29, 0.717) is 46.9 Å². The molecule has 2 aliphatic rings. The molecule has 0 radical (unpaired) electrons. The molecule has 1 amide bonds. The van der Waals surface area contributed by atoms with Gasteiger partial charge in [0.2, 0.25) is 0 Å². The van der Waals surface area contributed by atoms with E-state index in [0.717, 1.165) is 12.5 Å². The first-order chi connectivity index (χ1) is 22.0. The maximum absolute atomic E-state index is 14.4. The second kappa shape index (κ2) is 12.1. The zero-order valence-corrected chi connectivity index (χ0v) is 24.9. The number of carbonyl (C=O) groups is 1. The number of carbonyl (C=O) groups excluding carboxylic acids is 1. The number of amides is 1. The maximum Gasteiger partial charge on any atom is 0.416 e. The molecule has 0 spiro atoms. The predicted octanol–water partition coefficient (Wildman–Crippen LogP) is 6.04. The Balaban J connectivity index is 1.39. The Labute approximate surface area is 261 Å². The Morgan fingerprint density at radius 1 is 1.13 bits per heavy atom. The highest BCUT2D eigenvalue weighted by molar-refractivity contribution is 6.10. The van der Waals surface area contributed by atoms with E-state index in [-0.39, 0.29) is 55.2 Å². The second-order valence-electron chi connectivity index (χ2n) is 11.6. The second-order valence-corrected chi connectivity index (χ2v) is 11.6. The molecule has 14 heteroatoms. The average molecular weight is 635 g/mol. The first-order valence-corrected chi connectivity index (χ1v) is 14.6. The number of fused-ring (bicyclic) bond motifs is 1. The minimum absolute atomic E-state index is 0.0970. The molecule has 1 saturated carbocycles. The predicted molar refractivity (Wildman–Crippen MR) is 162 cm³/mol. The van der Waals surface area contributed by atoms with Gasteiger partial charge in [-0.3, -0.25) is 9.69 Å². The highest BCUT2D eigenvalue weighted by atomic mass is 19.4. The maximum atomic E-state index is 14.4. The number of aromatic nitrogens is 4. The number of alkyl halides is 4. The molecule has 46 heavy (non-hydrogen) atoms. The van der Waals surface area contributed by atoms with Gasteiger partial charge >= 0.3 is 6.18 Å². The van der Waals surface area contributed by atoms with Gasteiger partial charge in [-0.2, -0.15) is 18.4 Å². The summed E-state index contributed by atoms with van der Waals surface area (Å²) in [6.45, 7) is -0.616. The van der Waals surface area contributed by atoms with Crippen LogP contribution in [0.2, 0.25) is 0 Å². The number of hydrogen-bond acceptors (Lipinski definition) is 8. The number of nitriles is 1. The fourth-order valence-corrected chi connectivity index (χ4v) is 5.72. The quantitative estimate of drug-likeness (QED) is 0.123. The number of benzene rings is 2. The summed E-state index contributed by atoms with van der Waals surface area (Å²) in [5, 5.41) is 20.3. The van der Waals surface area contributed by atoms with Crippen LogP contribution in [0.5, 0.6) is 0 Å². The molecule has 0 unspecified atom stereocenters. The Hall–Kier alpha value is -5.03. The summed E-state index contributed by atoms with van der Waals surface area (Å²) in [6, 6.07) is 12.9. The molecule has 1 aliphatic carbocycles. The smallest absolute Gasteiger partial charge is 0.399 e. The number of aryl methyl sites for hydroxylation is 1. The summed E-state index contributed by atoms with van der Waals surface area (Å²) in [6.07, 6.45) is -1.59. The van der Waals surface area contributed by atoms with Gasteiger partial charge in [0.1, 0.15) is 23.6 Å². The van der Waals surface area contributed by atoms with E-state index in [1.165, 1.54) is 11.0 Å². The molecule has 238 valence electrons. The van der Waals surface area contributed by atoms with E-state index in [9.17, 15) is 22.4 Å². The molecule has 3 heterocycles. The van der Waals surface area contributed by atoms with E-state index in [4.69, 9.17) is 15.7 Å². The molecule has 3 N–H and O–H groups in total. The van der Waals surface area contributed by atoms with Crippen LogP contribution < -0.4 is 16.0 Å². The number of ether oxygens (including phenoxy) is 1. The molecular weight excluding hydrogens is 604 g/mol. The summed E-state index contributed by atoms with van der Waals surface area (Å²) >= 11 is 0. The van der Waals surface area contributed by atoms with E-state index in [2.05, 4.69) is 20.5 Å². The standard InChI is InChI=1S/C32H30F4N8O2/c1-43-18-40-42-29(43)22-5-4-21(38)14-23(22)20-12-27(39-9-3-8-37)41-28(13-20)44-15-25-24(30(44)45)10-19(11-26(25)32(34,35)36)16-46-17-31(33)6-2-7-31/h4-5,10-14,18H,2-3,6-7,9,15-17,38H2,1H3,(H,39,41). The van der Waals surface area contributed by atoms with Crippen molar-refractivity contribution in [2.45, 2.75) is 50.7 Å². The lowest BCUT2D eigenvalue weighted by Gasteiger charge is -2.33. The summed E-state index contributed by atoms with van der Waals surface area (Å²) < 4.78 is 64.6. The lowest BCUT2D eigenvalue weighted by atomic mass is 9.83. The summed E-state index contributed by atoms with van der Waals surface area (Å²) in [5.41, 5.74) is 5.87. The van der Waals surface area contributed by atoms with Crippen LogP contribution in [0.4, 0.5) is 34.9 Å². The number of nitrogens with zero attached hydrogens (tertiary/aromatic N) is 6. The summed E-state index contributed by atoms with van der Waals surface area (Å²) in [4.78, 5) is 19.5. The average Bonchev–Trinajstić information content (AvgIpc) is 3.58. The Morgan fingerprint density at radius 3 is 2.61 bits per heavy atom. The van der Waals surface area contributed by atoms with Crippen molar-refractivity contribution >= 4 is 23.2 Å². The van der Waals surface area contributed by atoms with Crippen LogP contribution in [0.15, 0.2) is 48.8 Å². The molecule has 4 aromatic rings. The topological polar surface area (TPSA) is 135 Å². The van der Waals surface area contributed by atoms with E-state index in [1.54, 1.807) is 48.3 Å². The number of nitrogens with two attached hydrogens (primary N) is 1. The molecular formula is C32H30F4N8O2. The van der Waals surface area contributed by atoms with Gasteiger partial charge in [-0.15, -0.1) is 10.2 Å². The lowest BCUT2D eigenvalue weighted by Crippen LogP contribution is -2.36. The number of pyridine rings is 1. The van der Waals surface area contributed by atoms with Crippen molar-refractivity contribution in [1.82, 2.24) is 19.7 Å². The van der Waals surface area contributed by atoms with Crippen LogP contribution in [0, 0.1) is 11.3 Å². The van der Waals surface area contributed by atoms with Crippen LogP contribution in [0.1, 0.15) is 52.7 Å². The van der Waals surface area contributed by atoms with Gasteiger partial charge in [0.25, 0.3) is 5.91 Å². The Kier molecular flexibility index (Phi) is 8.11. The minimum Gasteiger partial charge on any atom is -0.399 e. The number of anilines is 3. The van der Waals surface area contributed by atoms with Crippen LogP contribution in [0.3, 0.4) is 0 Å². The fraction of sp³-hybridized carbons (Fsp3) is 0.344. The third-order valence-electron chi connectivity index (χ3n) is 8.22. The number of halogens is 4. The molecule has 0 bridgehead atoms. The SMILES string of the molecule is Cn1cnnc1-c1ccc(N)cc1-c1cc(NCCC#N)nc(N2Cc3c(cc(COCC4(F)CCC4)cc3C(F)(F)F)C2=O)c1. The van der Waals surface area contributed by atoms with Crippen molar-refractivity contribution in [3.05, 3.63) is 71.0 Å². The number of hydrogen-bond donors (Lipinski definition) is 2. The monoisotopic (exact) mass is 634 g/mol. The van der Waals surface area contributed by atoms with Crippen molar-refractivity contribution in [2.75, 3.05) is 29.1 Å². The van der Waals surface area contributed by atoms with Crippen LogP contribution in [0.25, 0.3) is 22.5 Å². The van der Waals surface area contributed by atoms with Gasteiger partial charge in [-0.05, 0) is 84.0 Å². The highest BCUT2D eigenvalue weighted by Gasteiger charge is 2.41. The molecule has 6 rings (SSSR count). The number of nitrogen functional groups attached to an aromatic ring is 1. The molecule has 0 atom stereocenters. The van der Waals surface area contributed by atoms with Gasteiger partial charge in [-0.25, -0.2) is 9.37 Å². The molecule has 2 aromatic heterocycles. The van der Waals surface area contributed by atoms with Crippen LogP contribution in [-0.4, -0.2) is 44.5 Å². The van der Waals surface area contributed by atoms with Gasteiger partial charge in [0.05, 0.1) is 37.8 Å². The Morgan fingerprint density at radius 2 is 1.93 bits per heavy atom. The van der Waals surface area contributed by atoms with E-state index in [1.807, 2.05) is 6.07 Å².